The lowest BCUT2D eigenvalue weighted by atomic mass is 9.98. The molecule has 1 heterocycles. The van der Waals surface area contributed by atoms with E-state index in [4.69, 9.17) is 4.74 Å². The van der Waals surface area contributed by atoms with Gasteiger partial charge >= 0.3 is 0 Å². The molecule has 1 rings (SSSR count). The van der Waals surface area contributed by atoms with Crippen molar-refractivity contribution < 1.29 is 25.2 Å². The molecule has 0 aromatic rings. The normalized spacial score (nSPS) is 26.9. The molecule has 0 amide bonds. The van der Waals surface area contributed by atoms with E-state index < -0.39 is 30.6 Å². The van der Waals surface area contributed by atoms with Crippen molar-refractivity contribution in [3.05, 3.63) is 0 Å². The van der Waals surface area contributed by atoms with Crippen molar-refractivity contribution in [2.75, 3.05) is 13.2 Å². The topological polar surface area (TPSA) is 102 Å². The molecule has 0 saturated carbocycles. The van der Waals surface area contributed by atoms with E-state index in [1.54, 1.807) is 0 Å². The third-order valence-electron chi connectivity index (χ3n) is 6.27. The third kappa shape index (κ3) is 12.0. The van der Waals surface area contributed by atoms with Gasteiger partial charge in [0.25, 0.3) is 0 Å². The van der Waals surface area contributed by atoms with Crippen LogP contribution in [-0.2, 0) is 4.74 Å². The van der Waals surface area contributed by atoms with E-state index in [1.807, 2.05) is 0 Å². The highest BCUT2D eigenvalue weighted by Gasteiger charge is 2.42. The highest BCUT2D eigenvalue weighted by atomic mass is 16.6. The Hall–Kier alpha value is -0.240. The molecule has 5 N–H and O–H groups in total. The second-order valence-electron chi connectivity index (χ2n) is 9.01. The third-order valence-corrected chi connectivity index (χ3v) is 6.27. The van der Waals surface area contributed by atoms with Gasteiger partial charge in [-0.3, -0.25) is 5.32 Å². The van der Waals surface area contributed by atoms with E-state index in [0.29, 0.717) is 6.54 Å². The smallest absolute Gasteiger partial charge is 0.137 e. The average molecular weight is 432 g/mol. The number of unbranched alkanes of at least 4 members (excludes halogenated alkanes) is 15. The van der Waals surface area contributed by atoms with Crippen LogP contribution < -0.4 is 5.32 Å². The molecule has 0 radical (unpaired) electrons. The van der Waals surface area contributed by atoms with E-state index in [1.165, 1.54) is 89.9 Å². The van der Waals surface area contributed by atoms with Gasteiger partial charge in [0.15, 0.2) is 0 Å². The van der Waals surface area contributed by atoms with Crippen LogP contribution in [-0.4, -0.2) is 64.2 Å². The summed E-state index contributed by atoms with van der Waals surface area (Å²) in [6.07, 6.45) is 15.9. The molecule has 0 aromatic carbocycles. The van der Waals surface area contributed by atoms with E-state index in [-0.39, 0.29) is 6.61 Å². The lowest BCUT2D eigenvalue weighted by Crippen LogP contribution is -2.62. The zero-order chi connectivity index (χ0) is 22.0. The van der Waals surface area contributed by atoms with Crippen molar-refractivity contribution in [1.82, 2.24) is 5.32 Å². The first-order chi connectivity index (χ1) is 14.6. The number of hydrogen-bond acceptors (Lipinski definition) is 6. The molecule has 1 fully saturated rings. The van der Waals surface area contributed by atoms with Gasteiger partial charge < -0.3 is 25.2 Å². The maximum atomic E-state index is 9.98. The molecular formula is C24H49NO5. The molecule has 1 aliphatic rings. The Morgan fingerprint density at radius 1 is 0.600 bits per heavy atom. The zero-order valence-corrected chi connectivity index (χ0v) is 19.3. The molecule has 6 heteroatoms. The number of ether oxygens (including phenoxy) is 1. The monoisotopic (exact) mass is 431 g/mol. The van der Waals surface area contributed by atoms with Gasteiger partial charge in [0, 0.05) is 0 Å². The lowest BCUT2D eigenvalue weighted by molar-refractivity contribution is -0.236. The highest BCUT2D eigenvalue weighted by molar-refractivity contribution is 4.90. The molecule has 5 atom stereocenters. The summed E-state index contributed by atoms with van der Waals surface area (Å²) in [7, 11) is 0. The van der Waals surface area contributed by atoms with Crippen LogP contribution in [0.2, 0.25) is 0 Å². The van der Waals surface area contributed by atoms with Crippen molar-refractivity contribution in [3.63, 3.8) is 0 Å². The zero-order valence-electron chi connectivity index (χ0n) is 19.3. The molecule has 1 aliphatic heterocycles. The maximum Gasteiger partial charge on any atom is 0.137 e. The van der Waals surface area contributed by atoms with Crippen LogP contribution in [0.3, 0.4) is 0 Å². The van der Waals surface area contributed by atoms with Crippen LogP contribution in [0.1, 0.15) is 110 Å². The molecule has 180 valence electrons. The largest absolute Gasteiger partial charge is 0.394 e. The maximum absolute atomic E-state index is 9.98. The lowest BCUT2D eigenvalue weighted by Gasteiger charge is -2.40. The molecule has 0 aromatic heterocycles. The van der Waals surface area contributed by atoms with Crippen LogP contribution in [0.25, 0.3) is 0 Å². The van der Waals surface area contributed by atoms with Crippen LogP contribution in [0, 0.1) is 0 Å². The summed E-state index contributed by atoms with van der Waals surface area (Å²) < 4.78 is 5.44. The van der Waals surface area contributed by atoms with E-state index >= 15 is 0 Å². The van der Waals surface area contributed by atoms with Crippen molar-refractivity contribution in [2.24, 2.45) is 0 Å². The van der Waals surface area contributed by atoms with Crippen LogP contribution in [0.15, 0.2) is 0 Å². The summed E-state index contributed by atoms with van der Waals surface area (Å²) in [5.41, 5.74) is 0. The van der Waals surface area contributed by atoms with Gasteiger partial charge in [-0.15, -0.1) is 0 Å². The first-order valence-electron chi connectivity index (χ1n) is 12.7. The van der Waals surface area contributed by atoms with Gasteiger partial charge in [-0.25, -0.2) is 0 Å². The van der Waals surface area contributed by atoms with Crippen molar-refractivity contribution in [2.45, 2.75) is 140 Å². The van der Waals surface area contributed by atoms with E-state index in [9.17, 15) is 20.4 Å². The van der Waals surface area contributed by atoms with E-state index in [2.05, 4.69) is 12.2 Å². The van der Waals surface area contributed by atoms with Gasteiger partial charge in [-0.2, -0.15) is 0 Å². The predicted octanol–water partition coefficient (Wildman–Crippen LogP) is 3.64. The van der Waals surface area contributed by atoms with Crippen LogP contribution >= 0.6 is 0 Å². The number of nitrogens with one attached hydrogen (secondary N) is 1. The van der Waals surface area contributed by atoms with Gasteiger partial charge in [0.1, 0.15) is 30.6 Å². The van der Waals surface area contributed by atoms with Gasteiger partial charge in [-0.05, 0) is 13.0 Å². The number of hydrogen-bond donors (Lipinski definition) is 5. The fourth-order valence-electron chi connectivity index (χ4n) is 4.19. The summed E-state index contributed by atoms with van der Waals surface area (Å²) in [5.74, 6) is 0. The Labute approximate surface area is 184 Å². The fourth-order valence-corrected chi connectivity index (χ4v) is 4.19. The molecule has 6 nitrogen and oxygen atoms in total. The minimum Gasteiger partial charge on any atom is -0.394 e. The number of aliphatic hydroxyl groups is 4. The second-order valence-corrected chi connectivity index (χ2v) is 9.01. The Balaban J connectivity index is 1.85. The molecule has 0 spiro atoms. The van der Waals surface area contributed by atoms with Gasteiger partial charge in [0.05, 0.1) is 6.61 Å². The summed E-state index contributed by atoms with van der Waals surface area (Å²) in [6, 6.07) is 0. The van der Waals surface area contributed by atoms with Crippen molar-refractivity contribution >= 4 is 0 Å². The first-order valence-corrected chi connectivity index (χ1v) is 12.7. The van der Waals surface area contributed by atoms with Crippen LogP contribution in [0.5, 0.6) is 0 Å². The quantitative estimate of drug-likeness (QED) is 0.200. The fraction of sp³-hybridized carbons (Fsp3) is 1.00. The molecule has 1 unspecified atom stereocenters. The average Bonchev–Trinajstić information content (AvgIpc) is 2.75. The van der Waals surface area contributed by atoms with Crippen molar-refractivity contribution in [3.8, 4) is 0 Å². The Morgan fingerprint density at radius 2 is 1.03 bits per heavy atom. The van der Waals surface area contributed by atoms with Crippen molar-refractivity contribution in [1.29, 1.82) is 0 Å². The second kappa shape index (κ2) is 18.3. The van der Waals surface area contributed by atoms with E-state index in [0.717, 1.165) is 12.8 Å². The van der Waals surface area contributed by atoms with Crippen LogP contribution in [0.4, 0.5) is 0 Å². The Bertz CT molecular complexity index is 383. The SMILES string of the molecule is CCCCCCCCCCCCCCCCCCNC1O[C@H](CO)[C@@H](O)[C@H](O)[C@@H]1O. The predicted molar refractivity (Wildman–Crippen MR) is 121 cm³/mol. The first kappa shape index (κ1) is 27.8. The highest BCUT2D eigenvalue weighted by Crippen LogP contribution is 2.20. The molecule has 0 bridgehead atoms. The standard InChI is InChI=1S/C24H49NO5/c1-2-3-4-5-6-7-8-9-10-11-12-13-14-15-16-17-18-25-24-23(29)22(28)21(27)20(19-26)30-24/h20-29H,2-19H2,1H3/t20-,21-,22+,23+,24?/m1/s1. The summed E-state index contributed by atoms with van der Waals surface area (Å²) in [6.45, 7) is 2.56. The number of aliphatic hydroxyl groups excluding tert-OH is 4. The molecule has 0 aliphatic carbocycles. The molecular weight excluding hydrogens is 382 g/mol. The minimum atomic E-state index is -1.31. The molecule has 30 heavy (non-hydrogen) atoms. The number of rotatable bonds is 19. The molecule has 1 saturated heterocycles. The minimum absolute atomic E-state index is 0.387. The Kier molecular flexibility index (Phi) is 17.0. The summed E-state index contributed by atoms with van der Waals surface area (Å²) >= 11 is 0. The summed E-state index contributed by atoms with van der Waals surface area (Å²) in [5, 5.41) is 41.8. The summed E-state index contributed by atoms with van der Waals surface area (Å²) in [4.78, 5) is 0. The van der Waals surface area contributed by atoms with Gasteiger partial charge in [0.2, 0.25) is 0 Å². The van der Waals surface area contributed by atoms with Gasteiger partial charge in [-0.1, -0.05) is 103 Å². The Morgan fingerprint density at radius 3 is 1.47 bits per heavy atom.